The molecule has 3 aromatic carbocycles. The lowest BCUT2D eigenvalue weighted by Crippen LogP contribution is -2.39. The van der Waals surface area contributed by atoms with Crippen molar-refractivity contribution in [2.45, 2.75) is 13.0 Å². The summed E-state index contributed by atoms with van der Waals surface area (Å²) in [6.07, 6.45) is 0.959. The fourth-order valence-electron chi connectivity index (χ4n) is 3.09. The maximum Gasteiger partial charge on any atom is 0.259 e. The van der Waals surface area contributed by atoms with Gasteiger partial charge in [0.2, 0.25) is 0 Å². The van der Waals surface area contributed by atoms with E-state index in [4.69, 9.17) is 9.73 Å². The fourth-order valence-corrected chi connectivity index (χ4v) is 4.04. The minimum atomic E-state index is -0.0393. The summed E-state index contributed by atoms with van der Waals surface area (Å²) in [5.41, 5.74) is 1.74. The molecular weight excluding hydrogens is 380 g/mol. The van der Waals surface area contributed by atoms with Gasteiger partial charge in [0.15, 0.2) is 5.17 Å². The SMILES string of the molecule is O=C(c1cccc(Oc2ccccc2)c1)N1CCCSC1=NCc1ccccc1. The Morgan fingerprint density at radius 1 is 0.931 bits per heavy atom. The van der Waals surface area contributed by atoms with Gasteiger partial charge in [-0.05, 0) is 42.3 Å². The largest absolute Gasteiger partial charge is 0.457 e. The molecule has 29 heavy (non-hydrogen) atoms. The van der Waals surface area contributed by atoms with Crippen molar-refractivity contribution in [1.82, 2.24) is 4.90 Å². The van der Waals surface area contributed by atoms with Gasteiger partial charge in [-0.1, -0.05) is 66.4 Å². The van der Waals surface area contributed by atoms with Gasteiger partial charge < -0.3 is 4.74 Å². The monoisotopic (exact) mass is 402 g/mol. The van der Waals surface area contributed by atoms with Gasteiger partial charge in [0, 0.05) is 17.9 Å². The number of thioether (sulfide) groups is 1. The number of amides is 1. The Labute approximate surface area is 175 Å². The van der Waals surface area contributed by atoms with Gasteiger partial charge in [-0.3, -0.25) is 14.7 Å². The molecule has 3 aromatic rings. The second kappa shape index (κ2) is 9.43. The second-order valence-corrected chi connectivity index (χ2v) is 7.75. The number of nitrogens with zero attached hydrogens (tertiary/aromatic N) is 2. The zero-order valence-corrected chi connectivity index (χ0v) is 16.8. The third kappa shape index (κ3) is 5.06. The topological polar surface area (TPSA) is 41.9 Å². The standard InChI is InChI=1S/C24H22N2O2S/c27-23(20-11-7-14-22(17-20)28-21-12-5-2-6-13-21)26-15-8-16-29-24(26)25-18-19-9-3-1-4-10-19/h1-7,9-14,17H,8,15-16,18H2. The number of carbonyl (C=O) groups is 1. The molecule has 1 amide bonds. The van der Waals surface area contributed by atoms with E-state index in [0.29, 0.717) is 24.4 Å². The Hall–Kier alpha value is -3.05. The van der Waals surface area contributed by atoms with E-state index in [1.807, 2.05) is 78.9 Å². The summed E-state index contributed by atoms with van der Waals surface area (Å²) in [5.74, 6) is 2.34. The van der Waals surface area contributed by atoms with Crippen LogP contribution in [-0.2, 0) is 6.54 Å². The van der Waals surface area contributed by atoms with E-state index in [1.54, 1.807) is 22.7 Å². The summed E-state index contributed by atoms with van der Waals surface area (Å²) >= 11 is 1.64. The first kappa shape index (κ1) is 19.3. The minimum absolute atomic E-state index is 0.0393. The molecule has 0 radical (unpaired) electrons. The number of para-hydroxylation sites is 1. The van der Waals surface area contributed by atoms with Crippen LogP contribution in [0.1, 0.15) is 22.3 Å². The van der Waals surface area contributed by atoms with Gasteiger partial charge in [0.05, 0.1) is 6.54 Å². The molecule has 1 fully saturated rings. The molecule has 4 rings (SSSR count). The van der Waals surface area contributed by atoms with Crippen molar-refractivity contribution in [3.63, 3.8) is 0 Å². The molecule has 0 atom stereocenters. The molecular formula is C24H22N2O2S. The van der Waals surface area contributed by atoms with Gasteiger partial charge in [0.25, 0.3) is 5.91 Å². The van der Waals surface area contributed by atoms with Gasteiger partial charge >= 0.3 is 0 Å². The molecule has 1 aliphatic heterocycles. The maximum absolute atomic E-state index is 13.2. The highest BCUT2D eigenvalue weighted by molar-refractivity contribution is 8.13. The summed E-state index contributed by atoms with van der Waals surface area (Å²) in [5, 5.41) is 0.791. The Kier molecular flexibility index (Phi) is 6.27. The van der Waals surface area contributed by atoms with Crippen molar-refractivity contribution >= 4 is 22.8 Å². The molecule has 1 aliphatic rings. The molecule has 5 heteroatoms. The number of hydrogen-bond acceptors (Lipinski definition) is 4. The van der Waals surface area contributed by atoms with Crippen LogP contribution in [-0.4, -0.2) is 28.3 Å². The quantitative estimate of drug-likeness (QED) is 0.557. The zero-order chi connectivity index (χ0) is 19.9. The Balaban J connectivity index is 1.51. The molecule has 0 saturated carbocycles. The summed E-state index contributed by atoms with van der Waals surface area (Å²) < 4.78 is 5.88. The van der Waals surface area contributed by atoms with Crippen molar-refractivity contribution in [1.29, 1.82) is 0 Å². The third-order valence-corrected chi connectivity index (χ3v) is 5.63. The molecule has 0 unspecified atom stereocenters. The third-order valence-electron chi connectivity index (χ3n) is 4.53. The van der Waals surface area contributed by atoms with Crippen LogP contribution >= 0.6 is 11.8 Å². The highest BCUT2D eigenvalue weighted by Crippen LogP contribution is 2.25. The number of benzene rings is 3. The van der Waals surface area contributed by atoms with E-state index in [2.05, 4.69) is 0 Å². The van der Waals surface area contributed by atoms with Gasteiger partial charge in [0.1, 0.15) is 11.5 Å². The van der Waals surface area contributed by atoms with Crippen molar-refractivity contribution in [3.05, 3.63) is 96.1 Å². The summed E-state index contributed by atoms with van der Waals surface area (Å²) in [4.78, 5) is 19.7. The Morgan fingerprint density at radius 3 is 2.45 bits per heavy atom. The Bertz CT molecular complexity index is 990. The van der Waals surface area contributed by atoms with E-state index in [1.165, 1.54) is 0 Å². The van der Waals surface area contributed by atoms with Crippen molar-refractivity contribution in [2.24, 2.45) is 4.99 Å². The number of aliphatic imine (C=N–C) groups is 1. The van der Waals surface area contributed by atoms with Gasteiger partial charge in [-0.25, -0.2) is 0 Å². The molecule has 1 heterocycles. The molecule has 0 aromatic heterocycles. The molecule has 0 bridgehead atoms. The summed E-state index contributed by atoms with van der Waals surface area (Å²) in [7, 11) is 0. The van der Waals surface area contributed by atoms with Crippen LogP contribution in [0.25, 0.3) is 0 Å². The summed E-state index contributed by atoms with van der Waals surface area (Å²) in [6, 6.07) is 27.0. The fraction of sp³-hybridized carbons (Fsp3) is 0.167. The number of rotatable bonds is 5. The van der Waals surface area contributed by atoms with Crippen molar-refractivity contribution in [3.8, 4) is 11.5 Å². The molecule has 146 valence electrons. The van der Waals surface area contributed by atoms with Crippen LogP contribution in [0.2, 0.25) is 0 Å². The van der Waals surface area contributed by atoms with E-state index >= 15 is 0 Å². The lowest BCUT2D eigenvalue weighted by Gasteiger charge is -2.28. The van der Waals surface area contributed by atoms with Crippen LogP contribution in [0.5, 0.6) is 11.5 Å². The smallest absolute Gasteiger partial charge is 0.259 e. The normalized spacial score (nSPS) is 15.3. The van der Waals surface area contributed by atoms with Crippen molar-refractivity contribution < 1.29 is 9.53 Å². The zero-order valence-electron chi connectivity index (χ0n) is 16.0. The van der Waals surface area contributed by atoms with E-state index in [9.17, 15) is 4.79 Å². The first-order valence-corrected chi connectivity index (χ1v) is 10.6. The van der Waals surface area contributed by atoms with Crippen LogP contribution < -0.4 is 4.74 Å². The second-order valence-electron chi connectivity index (χ2n) is 6.69. The molecule has 0 N–H and O–H groups in total. The van der Waals surface area contributed by atoms with Crippen molar-refractivity contribution in [2.75, 3.05) is 12.3 Å². The first-order valence-electron chi connectivity index (χ1n) is 9.65. The molecule has 0 aliphatic carbocycles. The number of hydrogen-bond donors (Lipinski definition) is 0. The summed E-state index contributed by atoms with van der Waals surface area (Å²) in [6.45, 7) is 1.26. The van der Waals surface area contributed by atoms with Crippen LogP contribution in [0.15, 0.2) is 89.9 Å². The van der Waals surface area contributed by atoms with E-state index < -0.39 is 0 Å². The minimum Gasteiger partial charge on any atom is -0.457 e. The van der Waals surface area contributed by atoms with Crippen LogP contribution in [0.4, 0.5) is 0 Å². The van der Waals surface area contributed by atoms with E-state index in [0.717, 1.165) is 28.7 Å². The maximum atomic E-state index is 13.2. The Morgan fingerprint density at radius 2 is 1.66 bits per heavy atom. The lowest BCUT2D eigenvalue weighted by atomic mass is 10.2. The van der Waals surface area contributed by atoms with Gasteiger partial charge in [-0.15, -0.1) is 0 Å². The van der Waals surface area contributed by atoms with Crippen LogP contribution in [0, 0.1) is 0 Å². The number of carbonyl (C=O) groups excluding carboxylic acids is 1. The average Bonchev–Trinajstić information content (AvgIpc) is 2.79. The molecule has 1 saturated heterocycles. The van der Waals surface area contributed by atoms with E-state index in [-0.39, 0.29) is 5.91 Å². The molecule has 4 nitrogen and oxygen atoms in total. The highest BCUT2D eigenvalue weighted by atomic mass is 32.2. The average molecular weight is 403 g/mol. The molecule has 0 spiro atoms. The van der Waals surface area contributed by atoms with Crippen LogP contribution in [0.3, 0.4) is 0 Å². The highest BCUT2D eigenvalue weighted by Gasteiger charge is 2.25. The number of amidine groups is 1. The van der Waals surface area contributed by atoms with Gasteiger partial charge in [-0.2, -0.15) is 0 Å². The predicted molar refractivity (Wildman–Crippen MR) is 119 cm³/mol. The predicted octanol–water partition coefficient (Wildman–Crippen LogP) is 5.61. The first-order chi connectivity index (χ1) is 14.3. The number of ether oxygens (including phenoxy) is 1. The lowest BCUT2D eigenvalue weighted by molar-refractivity contribution is 0.0848.